The molecule has 1 heterocycles. The van der Waals surface area contributed by atoms with E-state index in [-0.39, 0.29) is 0 Å². The summed E-state index contributed by atoms with van der Waals surface area (Å²) in [5.41, 5.74) is 1.58. The van der Waals surface area contributed by atoms with E-state index >= 15 is 0 Å². The molecule has 14 heavy (non-hydrogen) atoms. The van der Waals surface area contributed by atoms with Crippen LogP contribution in [0.4, 0.5) is 0 Å². The van der Waals surface area contributed by atoms with E-state index in [0.717, 1.165) is 0 Å². The lowest BCUT2D eigenvalue weighted by Crippen LogP contribution is -2.43. The normalized spacial score (nSPS) is 38.6. The second kappa shape index (κ2) is 5.64. The van der Waals surface area contributed by atoms with Crippen molar-refractivity contribution in [1.29, 1.82) is 0 Å². The molecule has 1 rings (SSSR count). The van der Waals surface area contributed by atoms with Crippen LogP contribution in [0, 0.1) is 0 Å². The molecule has 0 aromatic heterocycles. The summed E-state index contributed by atoms with van der Waals surface area (Å²) in [5.74, 6) is 0. The smallest absolute Gasteiger partial charge is 0.126 e. The topological polar surface area (TPSA) is 0 Å². The maximum Gasteiger partial charge on any atom is 0.128 e. The SMILES string of the molecule is CCC[Si]1(Br)CCC[Si](Br)(CCC)C1. The lowest BCUT2D eigenvalue weighted by Gasteiger charge is -2.39. The molecule has 0 saturated carbocycles. The predicted molar refractivity (Wildman–Crippen MR) is 78.6 cm³/mol. The van der Waals surface area contributed by atoms with Crippen LogP contribution in [0.25, 0.3) is 0 Å². The standard InChI is InChI=1S/C10H22Br2Si2/c1-3-6-13(11)8-5-9-14(12,10-13)7-4-2/h3-10H2,1-2H3. The molecule has 4 heteroatoms. The summed E-state index contributed by atoms with van der Waals surface area (Å²) in [6.45, 7) is 2.71. The lowest BCUT2D eigenvalue weighted by atomic mass is 10.5. The van der Waals surface area contributed by atoms with Gasteiger partial charge in [-0.1, -0.05) is 33.1 Å². The highest BCUT2D eigenvalue weighted by molar-refractivity contribution is 9.27. The Morgan fingerprint density at radius 1 is 0.929 bits per heavy atom. The Bertz CT molecular complexity index is 163. The van der Waals surface area contributed by atoms with Crippen molar-refractivity contribution in [2.75, 3.05) is 0 Å². The zero-order valence-corrected chi connectivity index (χ0v) is 14.6. The molecule has 1 aliphatic rings. The van der Waals surface area contributed by atoms with Gasteiger partial charge in [0.25, 0.3) is 0 Å². The van der Waals surface area contributed by atoms with E-state index in [1.165, 1.54) is 43.4 Å². The van der Waals surface area contributed by atoms with Crippen LogP contribution in [0.2, 0.25) is 29.8 Å². The predicted octanol–water partition coefficient (Wildman–Crippen LogP) is 5.43. The second-order valence-electron chi connectivity index (χ2n) is 4.83. The van der Waals surface area contributed by atoms with E-state index in [1.807, 2.05) is 0 Å². The molecular formula is C10H22Br2Si2. The van der Waals surface area contributed by atoms with Gasteiger partial charge in [-0.2, -0.15) is 0 Å². The highest BCUT2D eigenvalue weighted by Gasteiger charge is 2.44. The van der Waals surface area contributed by atoms with Gasteiger partial charge in [-0.25, -0.2) is 0 Å². The Labute approximate surface area is 106 Å². The molecule has 1 aliphatic heterocycles. The number of hydrogen-bond acceptors (Lipinski definition) is 0. The summed E-state index contributed by atoms with van der Waals surface area (Å²) >= 11 is 8.29. The van der Waals surface area contributed by atoms with Crippen molar-refractivity contribution in [3.8, 4) is 0 Å². The van der Waals surface area contributed by atoms with Crippen molar-refractivity contribution in [3.63, 3.8) is 0 Å². The summed E-state index contributed by atoms with van der Waals surface area (Å²) in [7, 11) is 0. The quantitative estimate of drug-likeness (QED) is 0.464. The van der Waals surface area contributed by atoms with Gasteiger partial charge < -0.3 is 0 Å². The molecule has 0 bridgehead atoms. The van der Waals surface area contributed by atoms with Crippen LogP contribution >= 0.6 is 30.6 Å². The van der Waals surface area contributed by atoms with Gasteiger partial charge in [0.1, 0.15) is 13.4 Å². The summed E-state index contributed by atoms with van der Waals surface area (Å²) in [4.78, 5) is 0. The fraction of sp³-hybridized carbons (Fsp3) is 1.00. The Morgan fingerprint density at radius 2 is 1.36 bits per heavy atom. The zero-order chi connectivity index (χ0) is 10.7. The van der Waals surface area contributed by atoms with Gasteiger partial charge in [-0.05, 0) is 29.8 Å². The van der Waals surface area contributed by atoms with Gasteiger partial charge >= 0.3 is 0 Å². The average Bonchev–Trinajstić information content (AvgIpc) is 2.02. The molecule has 0 aliphatic carbocycles. The number of halogens is 2. The maximum atomic E-state index is 4.15. The van der Waals surface area contributed by atoms with E-state index < -0.39 is 13.4 Å². The van der Waals surface area contributed by atoms with E-state index in [0.29, 0.717) is 0 Å². The van der Waals surface area contributed by atoms with E-state index in [1.54, 1.807) is 5.67 Å². The van der Waals surface area contributed by atoms with Crippen molar-refractivity contribution in [2.24, 2.45) is 0 Å². The first-order chi connectivity index (χ1) is 6.54. The maximum absolute atomic E-state index is 4.15. The van der Waals surface area contributed by atoms with Crippen molar-refractivity contribution >= 4 is 44.0 Å². The average molecular weight is 358 g/mol. The van der Waals surface area contributed by atoms with Gasteiger partial charge in [0.05, 0.1) is 0 Å². The fourth-order valence-electron chi connectivity index (χ4n) is 2.79. The molecule has 2 atom stereocenters. The molecule has 0 nitrogen and oxygen atoms in total. The van der Waals surface area contributed by atoms with Gasteiger partial charge in [-0.3, -0.25) is 0 Å². The van der Waals surface area contributed by atoms with Crippen LogP contribution in [-0.2, 0) is 0 Å². The molecular weight excluding hydrogens is 336 g/mol. The molecule has 0 aromatic carbocycles. The van der Waals surface area contributed by atoms with Crippen LogP contribution in [0.1, 0.15) is 33.1 Å². The van der Waals surface area contributed by atoms with Crippen LogP contribution in [0.5, 0.6) is 0 Å². The van der Waals surface area contributed by atoms with E-state index in [2.05, 4.69) is 44.4 Å². The van der Waals surface area contributed by atoms with Crippen molar-refractivity contribution < 1.29 is 0 Å². The first kappa shape index (κ1) is 13.5. The van der Waals surface area contributed by atoms with Crippen LogP contribution in [0.15, 0.2) is 0 Å². The molecule has 0 amide bonds. The van der Waals surface area contributed by atoms with Gasteiger partial charge in [0, 0.05) is 0 Å². The molecule has 0 radical (unpaired) electrons. The Hall–Kier alpha value is 1.39. The molecule has 84 valence electrons. The molecule has 2 unspecified atom stereocenters. The summed E-state index contributed by atoms with van der Waals surface area (Å²) < 4.78 is 0. The fourth-order valence-corrected chi connectivity index (χ4v) is 31.5. The minimum atomic E-state index is -0.982. The minimum Gasteiger partial charge on any atom is -0.126 e. The summed E-state index contributed by atoms with van der Waals surface area (Å²) in [6, 6.07) is 6.06. The Balaban J connectivity index is 2.58. The lowest BCUT2D eigenvalue weighted by molar-refractivity contribution is 0.937. The van der Waals surface area contributed by atoms with Gasteiger partial charge in [-0.15, -0.1) is 30.6 Å². The zero-order valence-electron chi connectivity index (χ0n) is 9.41. The van der Waals surface area contributed by atoms with E-state index in [4.69, 9.17) is 0 Å². The van der Waals surface area contributed by atoms with Crippen LogP contribution in [-0.4, -0.2) is 13.4 Å². The molecule has 1 fully saturated rings. The van der Waals surface area contributed by atoms with E-state index in [9.17, 15) is 0 Å². The van der Waals surface area contributed by atoms with Gasteiger partial charge in [0.2, 0.25) is 0 Å². The van der Waals surface area contributed by atoms with Crippen molar-refractivity contribution in [3.05, 3.63) is 0 Å². The third-order valence-corrected chi connectivity index (χ3v) is 23.4. The van der Waals surface area contributed by atoms with Crippen LogP contribution < -0.4 is 0 Å². The van der Waals surface area contributed by atoms with Crippen LogP contribution in [0.3, 0.4) is 0 Å². The second-order valence-corrected chi connectivity index (χ2v) is 22.9. The molecule has 0 spiro atoms. The number of hydrogen-bond donors (Lipinski definition) is 0. The highest BCUT2D eigenvalue weighted by atomic mass is 79.9. The third-order valence-electron chi connectivity index (χ3n) is 3.28. The van der Waals surface area contributed by atoms with Crippen molar-refractivity contribution in [1.82, 2.24) is 0 Å². The summed E-state index contributed by atoms with van der Waals surface area (Å²) in [5, 5.41) is 0. The molecule has 1 saturated heterocycles. The first-order valence-corrected chi connectivity index (χ1v) is 15.7. The molecule has 0 N–H and O–H groups in total. The van der Waals surface area contributed by atoms with Crippen molar-refractivity contribution in [2.45, 2.75) is 63.0 Å². The number of rotatable bonds is 4. The third kappa shape index (κ3) is 3.76. The highest BCUT2D eigenvalue weighted by Crippen LogP contribution is 2.46. The Morgan fingerprint density at radius 3 is 1.71 bits per heavy atom. The summed E-state index contributed by atoms with van der Waals surface area (Å²) in [6.07, 6.45) is 4.25. The van der Waals surface area contributed by atoms with Gasteiger partial charge in [0.15, 0.2) is 0 Å². The Kier molecular flexibility index (Phi) is 5.42. The largest absolute Gasteiger partial charge is 0.128 e. The first-order valence-electron chi connectivity index (χ1n) is 5.91. The monoisotopic (exact) mass is 356 g/mol. The molecule has 0 aromatic rings. The minimum absolute atomic E-state index is 0.982.